The monoisotopic (exact) mass is 180 g/mol. The van der Waals surface area contributed by atoms with Gasteiger partial charge in [0.25, 0.3) is 0 Å². The van der Waals surface area contributed by atoms with Gasteiger partial charge in [-0.05, 0) is 44.7 Å². The van der Waals surface area contributed by atoms with Crippen molar-refractivity contribution in [2.24, 2.45) is 0 Å². The molecule has 0 atom stereocenters. The summed E-state index contributed by atoms with van der Waals surface area (Å²) in [5.41, 5.74) is 0. The molecule has 2 heteroatoms. The van der Waals surface area contributed by atoms with Gasteiger partial charge in [-0.15, -0.1) is 0 Å². The van der Waals surface area contributed by atoms with Gasteiger partial charge in [-0.3, -0.25) is 0 Å². The molecule has 0 amide bonds. The van der Waals surface area contributed by atoms with Crippen molar-refractivity contribution in [2.75, 3.05) is 0 Å². The average Bonchev–Trinajstić information content (AvgIpc) is 2.53. The molecule has 1 saturated carbocycles. The molecule has 2 rings (SSSR count). The Morgan fingerprint density at radius 1 is 1.23 bits per heavy atom. The summed E-state index contributed by atoms with van der Waals surface area (Å²) in [6.45, 7) is 1.97. The third-order valence-electron chi connectivity index (χ3n) is 2.86. The first-order valence-corrected chi connectivity index (χ1v) is 5.00. The van der Waals surface area contributed by atoms with Crippen molar-refractivity contribution in [1.29, 1.82) is 0 Å². The topological polar surface area (TPSA) is 33.4 Å². The van der Waals surface area contributed by atoms with Crippen LogP contribution in [0.25, 0.3) is 0 Å². The number of rotatable bonds is 1. The van der Waals surface area contributed by atoms with E-state index in [9.17, 15) is 5.11 Å². The quantitative estimate of drug-likeness (QED) is 0.720. The molecule has 0 bridgehead atoms. The lowest BCUT2D eigenvalue weighted by molar-refractivity contribution is 0.119. The average molecular weight is 180 g/mol. The number of aliphatic hydroxyl groups excluding tert-OH is 1. The van der Waals surface area contributed by atoms with Crippen molar-refractivity contribution in [3.05, 3.63) is 23.7 Å². The van der Waals surface area contributed by atoms with Crippen LogP contribution in [0.15, 0.2) is 16.5 Å². The molecule has 0 radical (unpaired) electrons. The van der Waals surface area contributed by atoms with Gasteiger partial charge < -0.3 is 9.52 Å². The molecule has 1 aliphatic rings. The SMILES string of the molecule is Cc1ccc(C2CCC(O)CC2)o1. The smallest absolute Gasteiger partial charge is 0.107 e. The van der Waals surface area contributed by atoms with Crippen molar-refractivity contribution in [3.8, 4) is 0 Å². The fourth-order valence-corrected chi connectivity index (χ4v) is 2.03. The summed E-state index contributed by atoms with van der Waals surface area (Å²) in [6, 6.07) is 4.08. The maximum Gasteiger partial charge on any atom is 0.107 e. The number of aliphatic hydroxyl groups is 1. The lowest BCUT2D eigenvalue weighted by atomic mass is 9.86. The van der Waals surface area contributed by atoms with Gasteiger partial charge in [0, 0.05) is 5.92 Å². The van der Waals surface area contributed by atoms with E-state index in [1.165, 1.54) is 0 Å². The largest absolute Gasteiger partial charge is 0.466 e. The van der Waals surface area contributed by atoms with Crippen LogP contribution >= 0.6 is 0 Å². The normalized spacial score (nSPS) is 29.1. The second-order valence-electron chi connectivity index (χ2n) is 3.95. The number of hydrogen-bond donors (Lipinski definition) is 1. The molecule has 0 saturated heterocycles. The van der Waals surface area contributed by atoms with E-state index >= 15 is 0 Å². The van der Waals surface area contributed by atoms with E-state index in [-0.39, 0.29) is 6.10 Å². The first-order chi connectivity index (χ1) is 6.25. The number of furan rings is 1. The lowest BCUT2D eigenvalue weighted by Gasteiger charge is -2.23. The summed E-state index contributed by atoms with van der Waals surface area (Å²) in [5.74, 6) is 2.63. The molecule has 1 N–H and O–H groups in total. The predicted octanol–water partition coefficient (Wildman–Crippen LogP) is 2.61. The Morgan fingerprint density at radius 3 is 2.46 bits per heavy atom. The molecule has 1 aromatic rings. The molecule has 0 aromatic carbocycles. The van der Waals surface area contributed by atoms with E-state index in [2.05, 4.69) is 6.07 Å². The van der Waals surface area contributed by atoms with Crippen LogP contribution in [0.5, 0.6) is 0 Å². The first kappa shape index (κ1) is 8.82. The third-order valence-corrected chi connectivity index (χ3v) is 2.86. The molecule has 1 heterocycles. The number of aryl methyl sites for hydroxylation is 1. The second-order valence-corrected chi connectivity index (χ2v) is 3.95. The zero-order valence-electron chi connectivity index (χ0n) is 7.99. The Hall–Kier alpha value is -0.760. The van der Waals surface area contributed by atoms with E-state index in [4.69, 9.17) is 4.42 Å². The van der Waals surface area contributed by atoms with Crippen molar-refractivity contribution >= 4 is 0 Å². The first-order valence-electron chi connectivity index (χ1n) is 5.00. The van der Waals surface area contributed by atoms with Crippen LogP contribution in [0.4, 0.5) is 0 Å². The van der Waals surface area contributed by atoms with Gasteiger partial charge in [-0.1, -0.05) is 0 Å². The van der Waals surface area contributed by atoms with Gasteiger partial charge in [0.05, 0.1) is 6.10 Å². The van der Waals surface area contributed by atoms with Crippen molar-refractivity contribution in [1.82, 2.24) is 0 Å². The standard InChI is InChI=1S/C11H16O2/c1-8-2-7-11(13-8)9-3-5-10(12)6-4-9/h2,7,9-10,12H,3-6H2,1H3. The Balaban J connectivity index is 2.02. The van der Waals surface area contributed by atoms with Gasteiger partial charge >= 0.3 is 0 Å². The Bertz CT molecular complexity index is 269. The minimum atomic E-state index is -0.0766. The summed E-state index contributed by atoms with van der Waals surface area (Å²) < 4.78 is 5.58. The highest BCUT2D eigenvalue weighted by Gasteiger charge is 2.22. The van der Waals surface area contributed by atoms with E-state index in [1.807, 2.05) is 13.0 Å². The number of hydrogen-bond acceptors (Lipinski definition) is 2. The third kappa shape index (κ3) is 1.94. The van der Waals surface area contributed by atoms with Crippen LogP contribution in [-0.4, -0.2) is 11.2 Å². The van der Waals surface area contributed by atoms with Crippen LogP contribution in [0.2, 0.25) is 0 Å². The zero-order valence-corrected chi connectivity index (χ0v) is 7.99. The van der Waals surface area contributed by atoms with Crippen molar-refractivity contribution < 1.29 is 9.52 Å². The Morgan fingerprint density at radius 2 is 1.92 bits per heavy atom. The molecule has 0 unspecified atom stereocenters. The van der Waals surface area contributed by atoms with Crippen LogP contribution in [0.1, 0.15) is 43.1 Å². The van der Waals surface area contributed by atoms with Gasteiger partial charge in [-0.25, -0.2) is 0 Å². The molecule has 1 fully saturated rings. The molecule has 72 valence electrons. The van der Waals surface area contributed by atoms with Crippen LogP contribution in [0.3, 0.4) is 0 Å². The van der Waals surface area contributed by atoms with Crippen LogP contribution < -0.4 is 0 Å². The summed E-state index contributed by atoms with van der Waals surface area (Å²) in [5, 5.41) is 9.35. The Kier molecular flexibility index (Phi) is 2.40. The fourth-order valence-electron chi connectivity index (χ4n) is 2.03. The van der Waals surface area contributed by atoms with Gasteiger partial charge in [0.15, 0.2) is 0 Å². The minimum Gasteiger partial charge on any atom is -0.466 e. The fraction of sp³-hybridized carbons (Fsp3) is 0.636. The molecule has 2 nitrogen and oxygen atoms in total. The molecular weight excluding hydrogens is 164 g/mol. The molecule has 1 aliphatic carbocycles. The maximum atomic E-state index is 9.35. The van der Waals surface area contributed by atoms with Gasteiger partial charge in [0.1, 0.15) is 11.5 Å². The van der Waals surface area contributed by atoms with Gasteiger partial charge in [0.2, 0.25) is 0 Å². The summed E-state index contributed by atoms with van der Waals surface area (Å²) in [6.07, 6.45) is 3.89. The highest BCUT2D eigenvalue weighted by molar-refractivity contribution is 5.11. The highest BCUT2D eigenvalue weighted by Crippen LogP contribution is 2.33. The van der Waals surface area contributed by atoms with E-state index in [1.54, 1.807) is 0 Å². The predicted molar refractivity (Wildman–Crippen MR) is 50.7 cm³/mol. The van der Waals surface area contributed by atoms with E-state index < -0.39 is 0 Å². The summed E-state index contributed by atoms with van der Waals surface area (Å²) in [4.78, 5) is 0. The second kappa shape index (κ2) is 3.54. The molecule has 0 spiro atoms. The highest BCUT2D eigenvalue weighted by atomic mass is 16.3. The van der Waals surface area contributed by atoms with Crippen molar-refractivity contribution in [2.45, 2.75) is 44.6 Å². The maximum absolute atomic E-state index is 9.35. The van der Waals surface area contributed by atoms with Gasteiger partial charge in [-0.2, -0.15) is 0 Å². The van der Waals surface area contributed by atoms with Crippen LogP contribution in [-0.2, 0) is 0 Å². The summed E-state index contributed by atoms with van der Waals surface area (Å²) in [7, 11) is 0. The summed E-state index contributed by atoms with van der Waals surface area (Å²) >= 11 is 0. The molecular formula is C11H16O2. The molecule has 13 heavy (non-hydrogen) atoms. The van der Waals surface area contributed by atoms with Crippen molar-refractivity contribution in [3.63, 3.8) is 0 Å². The molecule has 0 aliphatic heterocycles. The van der Waals surface area contributed by atoms with Crippen LogP contribution in [0, 0.1) is 6.92 Å². The van der Waals surface area contributed by atoms with E-state index in [0.29, 0.717) is 5.92 Å². The lowest BCUT2D eigenvalue weighted by Crippen LogP contribution is -2.16. The minimum absolute atomic E-state index is 0.0766. The zero-order chi connectivity index (χ0) is 9.26. The Labute approximate surface area is 78.6 Å². The van der Waals surface area contributed by atoms with E-state index in [0.717, 1.165) is 37.2 Å². The molecule has 1 aromatic heterocycles.